The monoisotopic (exact) mass is 250 g/mol. The van der Waals surface area contributed by atoms with Gasteiger partial charge in [-0.1, -0.05) is 0 Å². The number of ether oxygens (including phenoxy) is 1. The molecule has 0 saturated carbocycles. The van der Waals surface area contributed by atoms with E-state index in [0.29, 0.717) is 0 Å². The van der Waals surface area contributed by atoms with Crippen LogP contribution in [0.4, 0.5) is 10.1 Å². The molecule has 0 radical (unpaired) electrons. The van der Waals surface area contributed by atoms with E-state index in [2.05, 4.69) is 10.1 Å². The van der Waals surface area contributed by atoms with Crippen molar-refractivity contribution in [1.29, 1.82) is 5.26 Å². The molecule has 1 N–H and O–H groups in total. The van der Waals surface area contributed by atoms with Gasteiger partial charge in [-0.3, -0.25) is 4.79 Å². The van der Waals surface area contributed by atoms with Gasteiger partial charge in [0.2, 0.25) is 5.91 Å². The summed E-state index contributed by atoms with van der Waals surface area (Å²) in [7, 11) is 0. The molecule has 0 aliphatic rings. The van der Waals surface area contributed by atoms with Crippen molar-refractivity contribution in [3.8, 4) is 6.07 Å². The lowest BCUT2D eigenvalue weighted by Gasteiger charge is -2.07. The van der Waals surface area contributed by atoms with Crippen LogP contribution in [0.1, 0.15) is 23.7 Å². The molecule has 1 amide bonds. The highest BCUT2D eigenvalue weighted by Crippen LogP contribution is 2.16. The maximum absolute atomic E-state index is 13.4. The third-order valence-electron chi connectivity index (χ3n) is 1.99. The Morgan fingerprint density at radius 3 is 2.83 bits per heavy atom. The van der Waals surface area contributed by atoms with Gasteiger partial charge in [0.05, 0.1) is 18.2 Å². The molecule has 18 heavy (non-hydrogen) atoms. The summed E-state index contributed by atoms with van der Waals surface area (Å²) in [5.41, 5.74) is -0.0219. The van der Waals surface area contributed by atoms with Crippen molar-refractivity contribution in [3.63, 3.8) is 0 Å². The Bertz CT molecular complexity index is 509. The summed E-state index contributed by atoms with van der Waals surface area (Å²) >= 11 is 0. The number of carbonyl (C=O) groups is 2. The van der Waals surface area contributed by atoms with Gasteiger partial charge in [-0.25, -0.2) is 9.18 Å². The molecule has 5 nitrogen and oxygen atoms in total. The zero-order valence-corrected chi connectivity index (χ0v) is 9.70. The minimum Gasteiger partial charge on any atom is -0.462 e. The van der Waals surface area contributed by atoms with Crippen molar-refractivity contribution in [1.82, 2.24) is 0 Å². The smallest absolute Gasteiger partial charge is 0.341 e. The van der Waals surface area contributed by atoms with Gasteiger partial charge in [0, 0.05) is 5.69 Å². The Kier molecular flexibility index (Phi) is 4.81. The van der Waals surface area contributed by atoms with E-state index in [1.807, 2.05) is 0 Å². The number of anilines is 1. The van der Waals surface area contributed by atoms with Gasteiger partial charge < -0.3 is 10.1 Å². The summed E-state index contributed by atoms with van der Waals surface area (Å²) in [5.74, 6) is -2.06. The number of benzene rings is 1. The van der Waals surface area contributed by atoms with Gasteiger partial charge >= 0.3 is 5.97 Å². The number of carbonyl (C=O) groups excluding carboxylic acids is 2. The Morgan fingerprint density at radius 1 is 1.50 bits per heavy atom. The maximum atomic E-state index is 13.4. The third-order valence-corrected chi connectivity index (χ3v) is 1.99. The number of nitrogens with one attached hydrogen (secondary N) is 1. The zero-order valence-electron chi connectivity index (χ0n) is 9.70. The molecule has 0 bridgehead atoms. The summed E-state index contributed by atoms with van der Waals surface area (Å²) in [6, 6.07) is 5.20. The second kappa shape index (κ2) is 6.35. The summed E-state index contributed by atoms with van der Waals surface area (Å²) in [5, 5.41) is 10.7. The molecule has 1 aromatic carbocycles. The van der Waals surface area contributed by atoms with Crippen LogP contribution < -0.4 is 5.32 Å². The highest BCUT2D eigenvalue weighted by molar-refractivity contribution is 5.95. The van der Waals surface area contributed by atoms with Gasteiger partial charge in [0.25, 0.3) is 0 Å². The average Bonchev–Trinajstić information content (AvgIpc) is 2.32. The molecule has 0 saturated heterocycles. The molecule has 0 spiro atoms. The van der Waals surface area contributed by atoms with Crippen molar-refractivity contribution in [2.45, 2.75) is 13.3 Å². The number of halogens is 1. The normalized spacial score (nSPS) is 9.39. The molecule has 94 valence electrons. The lowest BCUT2D eigenvalue weighted by Crippen LogP contribution is -2.12. The fraction of sp³-hybridized carbons (Fsp3) is 0.250. The molecule has 0 aromatic heterocycles. The SMILES string of the molecule is CCOC(=O)c1cc(NC(=O)CC#N)ccc1F. The standard InChI is InChI=1S/C12H11FN2O3/c1-2-18-12(17)9-7-8(3-4-10(9)13)15-11(16)5-6-14/h3-4,7H,2,5H2,1H3,(H,15,16). The molecule has 0 fully saturated rings. The Hall–Kier alpha value is -2.42. The quantitative estimate of drug-likeness (QED) is 0.827. The molecule has 0 unspecified atom stereocenters. The fourth-order valence-electron chi connectivity index (χ4n) is 1.25. The molecular formula is C12H11FN2O3. The van der Waals surface area contributed by atoms with Crippen LogP contribution in [0.3, 0.4) is 0 Å². The van der Waals surface area contributed by atoms with E-state index in [0.717, 1.165) is 6.07 Å². The van der Waals surface area contributed by atoms with Gasteiger partial charge in [-0.2, -0.15) is 5.26 Å². The fourth-order valence-corrected chi connectivity index (χ4v) is 1.25. The Labute approximate surface area is 103 Å². The highest BCUT2D eigenvalue weighted by atomic mass is 19.1. The zero-order chi connectivity index (χ0) is 13.5. The van der Waals surface area contributed by atoms with Crippen molar-refractivity contribution < 1.29 is 18.7 Å². The molecule has 0 aliphatic heterocycles. The van der Waals surface area contributed by atoms with Gasteiger partial charge in [-0.05, 0) is 25.1 Å². The number of hydrogen-bond donors (Lipinski definition) is 1. The topological polar surface area (TPSA) is 79.2 Å². The first-order valence-electron chi connectivity index (χ1n) is 5.22. The number of rotatable bonds is 4. The molecular weight excluding hydrogens is 239 g/mol. The lowest BCUT2D eigenvalue weighted by atomic mass is 10.2. The Balaban J connectivity index is 2.91. The van der Waals surface area contributed by atoms with E-state index in [1.165, 1.54) is 12.1 Å². The molecule has 6 heteroatoms. The van der Waals surface area contributed by atoms with Crippen LogP contribution in [0.5, 0.6) is 0 Å². The molecule has 0 atom stereocenters. The van der Waals surface area contributed by atoms with E-state index >= 15 is 0 Å². The van der Waals surface area contributed by atoms with Crippen LogP contribution in [0.2, 0.25) is 0 Å². The second-order valence-electron chi connectivity index (χ2n) is 3.30. The predicted molar refractivity (Wildman–Crippen MR) is 61.2 cm³/mol. The number of nitriles is 1. The van der Waals surface area contributed by atoms with Crippen LogP contribution >= 0.6 is 0 Å². The third kappa shape index (κ3) is 3.56. The Morgan fingerprint density at radius 2 is 2.22 bits per heavy atom. The number of esters is 1. The van der Waals surface area contributed by atoms with E-state index in [4.69, 9.17) is 5.26 Å². The lowest BCUT2D eigenvalue weighted by molar-refractivity contribution is -0.115. The van der Waals surface area contributed by atoms with E-state index in [-0.39, 0.29) is 24.3 Å². The predicted octanol–water partition coefficient (Wildman–Crippen LogP) is 1.85. The van der Waals surface area contributed by atoms with Crippen molar-refractivity contribution in [2.75, 3.05) is 11.9 Å². The summed E-state index contributed by atoms with van der Waals surface area (Å²) < 4.78 is 18.0. The minimum atomic E-state index is -0.800. The number of amides is 1. The van der Waals surface area contributed by atoms with Crippen LogP contribution in [-0.4, -0.2) is 18.5 Å². The highest BCUT2D eigenvalue weighted by Gasteiger charge is 2.14. The molecule has 1 rings (SSSR count). The van der Waals surface area contributed by atoms with Crippen molar-refractivity contribution in [2.24, 2.45) is 0 Å². The minimum absolute atomic E-state index is 0.128. The summed E-state index contributed by atoms with van der Waals surface area (Å²) in [6.07, 6.45) is -0.313. The maximum Gasteiger partial charge on any atom is 0.341 e. The van der Waals surface area contributed by atoms with Crippen LogP contribution in [-0.2, 0) is 9.53 Å². The first-order chi connectivity index (χ1) is 8.58. The van der Waals surface area contributed by atoms with Gasteiger partial charge in [0.1, 0.15) is 12.2 Å². The van der Waals surface area contributed by atoms with Gasteiger partial charge in [-0.15, -0.1) is 0 Å². The van der Waals surface area contributed by atoms with E-state index in [1.54, 1.807) is 13.0 Å². The molecule has 0 heterocycles. The van der Waals surface area contributed by atoms with E-state index < -0.39 is 17.7 Å². The first kappa shape index (κ1) is 13.6. The average molecular weight is 250 g/mol. The van der Waals surface area contributed by atoms with Crippen LogP contribution in [0.15, 0.2) is 18.2 Å². The largest absolute Gasteiger partial charge is 0.462 e. The second-order valence-corrected chi connectivity index (χ2v) is 3.30. The van der Waals surface area contributed by atoms with Crippen molar-refractivity contribution >= 4 is 17.6 Å². The van der Waals surface area contributed by atoms with E-state index in [9.17, 15) is 14.0 Å². The number of hydrogen-bond acceptors (Lipinski definition) is 4. The summed E-state index contributed by atoms with van der Waals surface area (Å²) in [4.78, 5) is 22.6. The number of nitrogens with zero attached hydrogens (tertiary/aromatic N) is 1. The molecule has 0 aliphatic carbocycles. The van der Waals surface area contributed by atoms with Gasteiger partial charge in [0.15, 0.2) is 0 Å². The van der Waals surface area contributed by atoms with Crippen LogP contribution in [0, 0.1) is 17.1 Å². The summed E-state index contributed by atoms with van der Waals surface area (Å²) in [6.45, 7) is 1.73. The first-order valence-corrected chi connectivity index (χ1v) is 5.22. The van der Waals surface area contributed by atoms with Crippen LogP contribution in [0.25, 0.3) is 0 Å². The van der Waals surface area contributed by atoms with Crippen molar-refractivity contribution in [3.05, 3.63) is 29.6 Å². The molecule has 1 aromatic rings.